The standard InChI is InChI=1S/C16H25FN2O4S2/c1-3-4-5-12-24(20,21)18-8-10-19(11-9-18)25(22,23)16-13-15(17)7-6-14(16)2/h6-7,13H,3-5,8-12H2,1-2H3. The molecule has 1 aliphatic rings. The highest BCUT2D eigenvalue weighted by molar-refractivity contribution is 7.89. The molecular formula is C16H25FN2O4S2. The zero-order chi connectivity index (χ0) is 18.7. The second kappa shape index (κ2) is 8.11. The number of halogens is 1. The monoisotopic (exact) mass is 392 g/mol. The molecule has 0 aliphatic carbocycles. The first-order valence-electron chi connectivity index (χ1n) is 8.42. The summed E-state index contributed by atoms with van der Waals surface area (Å²) in [6.45, 7) is 4.02. The van der Waals surface area contributed by atoms with Crippen LogP contribution in [0.1, 0.15) is 31.7 Å². The number of piperazine rings is 1. The van der Waals surface area contributed by atoms with E-state index in [1.807, 2.05) is 6.92 Å². The molecule has 0 N–H and O–H groups in total. The van der Waals surface area contributed by atoms with E-state index in [4.69, 9.17) is 0 Å². The molecule has 9 heteroatoms. The summed E-state index contributed by atoms with van der Waals surface area (Å²) >= 11 is 0. The van der Waals surface area contributed by atoms with Crippen molar-refractivity contribution in [1.29, 1.82) is 0 Å². The molecule has 1 saturated heterocycles. The van der Waals surface area contributed by atoms with Crippen LogP contribution in [-0.4, -0.2) is 57.4 Å². The van der Waals surface area contributed by atoms with Gasteiger partial charge in [0, 0.05) is 26.2 Å². The molecule has 0 unspecified atom stereocenters. The Kier molecular flexibility index (Phi) is 6.58. The van der Waals surface area contributed by atoms with Crippen LogP contribution in [0, 0.1) is 12.7 Å². The predicted octanol–water partition coefficient (Wildman–Crippen LogP) is 1.96. The first-order chi connectivity index (χ1) is 11.7. The van der Waals surface area contributed by atoms with Gasteiger partial charge in [-0.15, -0.1) is 0 Å². The summed E-state index contributed by atoms with van der Waals surface area (Å²) in [5.74, 6) is -0.516. The molecule has 6 nitrogen and oxygen atoms in total. The van der Waals surface area contributed by atoms with Gasteiger partial charge >= 0.3 is 0 Å². The van der Waals surface area contributed by atoms with Gasteiger partial charge < -0.3 is 0 Å². The molecule has 1 aromatic rings. The lowest BCUT2D eigenvalue weighted by Crippen LogP contribution is -2.51. The minimum absolute atomic E-state index is 0.0632. The molecule has 2 rings (SSSR count). The van der Waals surface area contributed by atoms with Gasteiger partial charge in [0.15, 0.2) is 0 Å². The number of unbranched alkanes of at least 4 members (excludes halogenated alkanes) is 2. The molecule has 0 aromatic heterocycles. The van der Waals surface area contributed by atoms with Crippen LogP contribution in [0.5, 0.6) is 0 Å². The van der Waals surface area contributed by atoms with Crippen molar-refractivity contribution < 1.29 is 21.2 Å². The van der Waals surface area contributed by atoms with E-state index < -0.39 is 25.9 Å². The van der Waals surface area contributed by atoms with E-state index in [2.05, 4.69) is 0 Å². The number of sulfonamides is 2. The van der Waals surface area contributed by atoms with Crippen molar-refractivity contribution in [2.24, 2.45) is 0 Å². The molecule has 1 aliphatic heterocycles. The van der Waals surface area contributed by atoms with Gasteiger partial charge in [0.1, 0.15) is 5.82 Å². The van der Waals surface area contributed by atoms with E-state index in [0.717, 1.165) is 18.9 Å². The average Bonchev–Trinajstić information content (AvgIpc) is 2.57. The van der Waals surface area contributed by atoms with Crippen molar-refractivity contribution in [1.82, 2.24) is 8.61 Å². The molecule has 1 aromatic carbocycles. The van der Waals surface area contributed by atoms with Crippen molar-refractivity contribution >= 4 is 20.0 Å². The predicted molar refractivity (Wildman–Crippen MR) is 94.8 cm³/mol. The van der Waals surface area contributed by atoms with Gasteiger partial charge in [0.2, 0.25) is 20.0 Å². The van der Waals surface area contributed by atoms with Crippen LogP contribution in [-0.2, 0) is 20.0 Å². The van der Waals surface area contributed by atoms with Crippen LogP contribution in [0.4, 0.5) is 4.39 Å². The molecule has 142 valence electrons. The number of nitrogens with zero attached hydrogens (tertiary/aromatic N) is 2. The second-order valence-corrected chi connectivity index (χ2v) is 10.2. The summed E-state index contributed by atoms with van der Waals surface area (Å²) < 4.78 is 66.0. The van der Waals surface area contributed by atoms with Crippen LogP contribution in [0.15, 0.2) is 23.1 Å². The van der Waals surface area contributed by atoms with Gasteiger partial charge in [-0.2, -0.15) is 8.61 Å². The Morgan fingerprint density at radius 2 is 1.60 bits per heavy atom. The largest absolute Gasteiger partial charge is 0.243 e. The lowest BCUT2D eigenvalue weighted by Gasteiger charge is -2.33. The van der Waals surface area contributed by atoms with Crippen molar-refractivity contribution in [2.45, 2.75) is 38.0 Å². The zero-order valence-electron chi connectivity index (χ0n) is 14.6. The number of rotatable bonds is 7. The maximum Gasteiger partial charge on any atom is 0.243 e. The SMILES string of the molecule is CCCCCS(=O)(=O)N1CCN(S(=O)(=O)c2cc(F)ccc2C)CC1. The third kappa shape index (κ3) is 4.78. The maximum atomic E-state index is 13.4. The number of aryl methyl sites for hydroxylation is 1. The first-order valence-corrected chi connectivity index (χ1v) is 11.5. The quantitative estimate of drug-likeness (QED) is 0.665. The van der Waals surface area contributed by atoms with Crippen LogP contribution >= 0.6 is 0 Å². The minimum Gasteiger partial charge on any atom is -0.212 e. The number of hydrogen-bond acceptors (Lipinski definition) is 4. The van der Waals surface area contributed by atoms with E-state index in [0.29, 0.717) is 12.0 Å². The van der Waals surface area contributed by atoms with Crippen LogP contribution in [0.25, 0.3) is 0 Å². The Balaban J connectivity index is 2.07. The molecule has 0 radical (unpaired) electrons. The third-order valence-electron chi connectivity index (χ3n) is 4.36. The highest BCUT2D eigenvalue weighted by Gasteiger charge is 2.33. The van der Waals surface area contributed by atoms with Gasteiger partial charge in [0.25, 0.3) is 0 Å². The zero-order valence-corrected chi connectivity index (χ0v) is 16.2. The van der Waals surface area contributed by atoms with Crippen molar-refractivity contribution in [3.05, 3.63) is 29.6 Å². The maximum absolute atomic E-state index is 13.4. The summed E-state index contributed by atoms with van der Waals surface area (Å²) in [5.41, 5.74) is 0.469. The molecule has 25 heavy (non-hydrogen) atoms. The molecule has 0 atom stereocenters. The molecule has 0 saturated carbocycles. The Labute approximate surface area is 149 Å². The lowest BCUT2D eigenvalue weighted by molar-refractivity contribution is 0.272. The summed E-state index contributed by atoms with van der Waals surface area (Å²) in [4.78, 5) is -0.0632. The minimum atomic E-state index is -3.83. The fourth-order valence-electron chi connectivity index (χ4n) is 2.84. The average molecular weight is 393 g/mol. The van der Waals surface area contributed by atoms with E-state index >= 15 is 0 Å². The van der Waals surface area contributed by atoms with Crippen LogP contribution < -0.4 is 0 Å². The van der Waals surface area contributed by atoms with E-state index in [-0.39, 0.29) is 36.8 Å². The van der Waals surface area contributed by atoms with E-state index in [1.54, 1.807) is 6.92 Å². The van der Waals surface area contributed by atoms with Gasteiger partial charge in [-0.1, -0.05) is 25.8 Å². The first kappa shape index (κ1) is 20.3. The van der Waals surface area contributed by atoms with Gasteiger partial charge in [-0.05, 0) is 31.0 Å². The topological polar surface area (TPSA) is 74.8 Å². The Hall–Kier alpha value is -1.03. The van der Waals surface area contributed by atoms with E-state index in [1.165, 1.54) is 20.7 Å². The summed E-state index contributed by atoms with van der Waals surface area (Å²) in [6.07, 6.45) is 2.40. The Morgan fingerprint density at radius 3 is 2.20 bits per heavy atom. The second-order valence-electron chi connectivity index (χ2n) is 6.24. The highest BCUT2D eigenvalue weighted by atomic mass is 32.2. The summed E-state index contributed by atoms with van der Waals surface area (Å²) in [6, 6.07) is 3.66. The van der Waals surface area contributed by atoms with Gasteiger partial charge in [0.05, 0.1) is 10.6 Å². The molecule has 0 bridgehead atoms. The lowest BCUT2D eigenvalue weighted by atomic mass is 10.2. The Morgan fingerprint density at radius 1 is 1.00 bits per heavy atom. The van der Waals surface area contributed by atoms with Crippen LogP contribution in [0.3, 0.4) is 0 Å². The molecule has 1 heterocycles. The van der Waals surface area contributed by atoms with Crippen molar-refractivity contribution in [3.63, 3.8) is 0 Å². The number of hydrogen-bond donors (Lipinski definition) is 0. The summed E-state index contributed by atoms with van der Waals surface area (Å²) in [7, 11) is -7.19. The summed E-state index contributed by atoms with van der Waals surface area (Å²) in [5, 5.41) is 0. The normalized spacial score (nSPS) is 17.7. The fraction of sp³-hybridized carbons (Fsp3) is 0.625. The van der Waals surface area contributed by atoms with Crippen molar-refractivity contribution in [3.8, 4) is 0 Å². The molecule has 0 spiro atoms. The van der Waals surface area contributed by atoms with Gasteiger partial charge in [-0.3, -0.25) is 0 Å². The fourth-order valence-corrected chi connectivity index (χ4v) is 6.05. The molecule has 0 amide bonds. The third-order valence-corrected chi connectivity index (χ3v) is 8.36. The number of benzene rings is 1. The smallest absolute Gasteiger partial charge is 0.212 e. The highest BCUT2D eigenvalue weighted by Crippen LogP contribution is 2.23. The van der Waals surface area contributed by atoms with Crippen LogP contribution in [0.2, 0.25) is 0 Å². The Bertz CT molecular complexity index is 801. The van der Waals surface area contributed by atoms with Gasteiger partial charge in [-0.25, -0.2) is 21.2 Å². The van der Waals surface area contributed by atoms with E-state index in [9.17, 15) is 21.2 Å². The molecular weight excluding hydrogens is 367 g/mol. The van der Waals surface area contributed by atoms with Crippen molar-refractivity contribution in [2.75, 3.05) is 31.9 Å². The molecule has 1 fully saturated rings.